The quantitative estimate of drug-likeness (QED) is 0.432. The molecule has 0 radical (unpaired) electrons. The van der Waals surface area contributed by atoms with Gasteiger partial charge in [0.15, 0.2) is 5.96 Å². The molecule has 140 valence electrons. The Morgan fingerprint density at radius 3 is 2.58 bits per heavy atom. The molecule has 0 bridgehead atoms. The summed E-state index contributed by atoms with van der Waals surface area (Å²) in [6.07, 6.45) is 7.12. The van der Waals surface area contributed by atoms with Crippen molar-refractivity contribution in [3.8, 4) is 0 Å². The van der Waals surface area contributed by atoms with Crippen molar-refractivity contribution in [2.45, 2.75) is 32.4 Å². The van der Waals surface area contributed by atoms with Crippen LogP contribution in [0.25, 0.3) is 0 Å². The van der Waals surface area contributed by atoms with E-state index in [0.29, 0.717) is 0 Å². The molecular weight excluding hydrogens is 324 g/mol. The number of rotatable bonds is 8. The fourth-order valence-electron chi connectivity index (χ4n) is 3.36. The summed E-state index contributed by atoms with van der Waals surface area (Å²) in [5.41, 5.74) is 3.00. The third-order valence-corrected chi connectivity index (χ3v) is 4.79. The van der Waals surface area contributed by atoms with E-state index in [1.54, 1.807) is 0 Å². The average molecular weight is 355 g/mol. The number of hydrogen-bond acceptors (Lipinski definition) is 3. The van der Waals surface area contributed by atoms with Crippen LogP contribution in [0, 0.1) is 0 Å². The number of aryl methyl sites for hydroxylation is 1. The van der Waals surface area contributed by atoms with Crippen LogP contribution >= 0.6 is 0 Å². The largest absolute Gasteiger partial charge is 0.356 e. The summed E-state index contributed by atoms with van der Waals surface area (Å²) < 4.78 is 1.95. The van der Waals surface area contributed by atoms with Gasteiger partial charge in [0.05, 0.1) is 0 Å². The SMILES string of the molecule is CN=C(NCCCN1CCc2ccccc2C1)NCCCn1cccn1. The molecule has 1 aliphatic rings. The number of guanidine groups is 1. The van der Waals surface area contributed by atoms with Crippen molar-refractivity contribution in [3.05, 3.63) is 53.9 Å². The molecule has 0 atom stereocenters. The first-order valence-corrected chi connectivity index (χ1v) is 9.56. The normalized spacial score (nSPS) is 14.9. The highest BCUT2D eigenvalue weighted by molar-refractivity contribution is 5.79. The van der Waals surface area contributed by atoms with E-state index in [0.717, 1.165) is 58.1 Å². The first-order valence-electron chi connectivity index (χ1n) is 9.56. The second-order valence-corrected chi connectivity index (χ2v) is 6.70. The van der Waals surface area contributed by atoms with E-state index in [2.05, 4.69) is 49.9 Å². The number of hydrogen-bond donors (Lipinski definition) is 2. The maximum absolute atomic E-state index is 4.30. The molecule has 0 saturated heterocycles. The lowest BCUT2D eigenvalue weighted by molar-refractivity contribution is 0.251. The zero-order valence-electron chi connectivity index (χ0n) is 15.7. The molecule has 0 saturated carbocycles. The zero-order chi connectivity index (χ0) is 18.0. The molecule has 6 nitrogen and oxygen atoms in total. The maximum Gasteiger partial charge on any atom is 0.190 e. The van der Waals surface area contributed by atoms with Crippen LogP contribution in [-0.4, -0.2) is 53.9 Å². The molecule has 0 amide bonds. The fraction of sp³-hybridized carbons (Fsp3) is 0.500. The van der Waals surface area contributed by atoms with E-state index in [-0.39, 0.29) is 0 Å². The lowest BCUT2D eigenvalue weighted by Crippen LogP contribution is -2.39. The molecule has 0 fully saturated rings. The average Bonchev–Trinajstić information content (AvgIpc) is 3.20. The minimum Gasteiger partial charge on any atom is -0.356 e. The second kappa shape index (κ2) is 9.97. The van der Waals surface area contributed by atoms with Gasteiger partial charge in [-0.15, -0.1) is 0 Å². The van der Waals surface area contributed by atoms with Gasteiger partial charge in [0.25, 0.3) is 0 Å². The highest BCUT2D eigenvalue weighted by atomic mass is 15.3. The molecule has 0 aliphatic carbocycles. The molecule has 2 aromatic rings. The Bertz CT molecular complexity index is 679. The van der Waals surface area contributed by atoms with Gasteiger partial charge in [0.1, 0.15) is 0 Å². The number of aromatic nitrogens is 2. The van der Waals surface area contributed by atoms with Gasteiger partial charge in [0, 0.05) is 58.7 Å². The Morgan fingerprint density at radius 1 is 1.08 bits per heavy atom. The van der Waals surface area contributed by atoms with Crippen molar-refractivity contribution >= 4 is 5.96 Å². The van der Waals surface area contributed by atoms with Gasteiger partial charge in [-0.1, -0.05) is 24.3 Å². The zero-order valence-corrected chi connectivity index (χ0v) is 15.7. The fourth-order valence-corrected chi connectivity index (χ4v) is 3.36. The molecule has 1 aliphatic heterocycles. The highest BCUT2D eigenvalue weighted by Crippen LogP contribution is 2.18. The number of fused-ring (bicyclic) bond motifs is 1. The molecule has 0 unspecified atom stereocenters. The summed E-state index contributed by atoms with van der Waals surface area (Å²) in [6.45, 7) is 6.12. The molecule has 2 N–H and O–H groups in total. The van der Waals surface area contributed by atoms with Crippen LogP contribution in [0.15, 0.2) is 47.7 Å². The second-order valence-electron chi connectivity index (χ2n) is 6.70. The molecule has 1 aromatic carbocycles. The molecule has 6 heteroatoms. The number of aliphatic imine (C=N–C) groups is 1. The van der Waals surface area contributed by atoms with Gasteiger partial charge in [-0.2, -0.15) is 5.10 Å². The minimum absolute atomic E-state index is 0.884. The van der Waals surface area contributed by atoms with Gasteiger partial charge < -0.3 is 10.6 Å². The third-order valence-electron chi connectivity index (χ3n) is 4.79. The van der Waals surface area contributed by atoms with Crippen molar-refractivity contribution in [2.75, 3.05) is 33.2 Å². The van der Waals surface area contributed by atoms with Crippen molar-refractivity contribution in [3.63, 3.8) is 0 Å². The highest BCUT2D eigenvalue weighted by Gasteiger charge is 2.14. The summed E-state index contributed by atoms with van der Waals surface area (Å²) >= 11 is 0. The van der Waals surface area contributed by atoms with Gasteiger partial charge in [-0.05, 0) is 36.5 Å². The van der Waals surface area contributed by atoms with Gasteiger partial charge in [-0.3, -0.25) is 14.6 Å². The van der Waals surface area contributed by atoms with Gasteiger partial charge in [0.2, 0.25) is 0 Å². The van der Waals surface area contributed by atoms with Crippen molar-refractivity contribution in [1.82, 2.24) is 25.3 Å². The molecule has 26 heavy (non-hydrogen) atoms. The standard InChI is InChI=1S/C20H30N6/c1-21-20(23-11-5-14-26-15-6-12-24-26)22-10-4-13-25-16-9-18-7-2-3-8-19(18)17-25/h2-3,6-8,12,15H,4-5,9-11,13-14,16-17H2,1H3,(H2,21,22,23). The van der Waals surface area contributed by atoms with Crippen LogP contribution < -0.4 is 10.6 Å². The lowest BCUT2D eigenvalue weighted by atomic mass is 10.00. The summed E-state index contributed by atoms with van der Waals surface area (Å²) in [7, 11) is 1.82. The number of benzene rings is 1. The van der Waals surface area contributed by atoms with Crippen LogP contribution in [0.2, 0.25) is 0 Å². The summed E-state index contributed by atoms with van der Waals surface area (Å²) in [5, 5.41) is 11.0. The topological polar surface area (TPSA) is 57.5 Å². The molecule has 1 aromatic heterocycles. The third kappa shape index (κ3) is 5.59. The predicted octanol–water partition coefficient (Wildman–Crippen LogP) is 1.89. The van der Waals surface area contributed by atoms with E-state index < -0.39 is 0 Å². The van der Waals surface area contributed by atoms with Crippen LogP contribution in [0.1, 0.15) is 24.0 Å². The Morgan fingerprint density at radius 2 is 1.85 bits per heavy atom. The van der Waals surface area contributed by atoms with E-state index in [9.17, 15) is 0 Å². The monoisotopic (exact) mass is 354 g/mol. The lowest BCUT2D eigenvalue weighted by Gasteiger charge is -2.28. The minimum atomic E-state index is 0.884. The van der Waals surface area contributed by atoms with Crippen LogP contribution in [0.5, 0.6) is 0 Å². The van der Waals surface area contributed by atoms with Gasteiger partial charge in [-0.25, -0.2) is 0 Å². The number of nitrogens with one attached hydrogen (secondary N) is 2. The molecule has 0 spiro atoms. The van der Waals surface area contributed by atoms with Crippen LogP contribution in [0.4, 0.5) is 0 Å². The van der Waals surface area contributed by atoms with Crippen LogP contribution in [-0.2, 0) is 19.5 Å². The maximum atomic E-state index is 4.30. The van der Waals surface area contributed by atoms with E-state index >= 15 is 0 Å². The summed E-state index contributed by atoms with van der Waals surface area (Å²) in [5.74, 6) is 0.884. The Labute approximate surface area is 156 Å². The first-order chi connectivity index (χ1) is 12.8. The van der Waals surface area contributed by atoms with E-state index in [4.69, 9.17) is 0 Å². The Hall–Kier alpha value is -2.34. The number of nitrogens with zero attached hydrogens (tertiary/aromatic N) is 4. The summed E-state index contributed by atoms with van der Waals surface area (Å²) in [6, 6.07) is 10.8. The Balaban J connectivity index is 1.27. The van der Waals surface area contributed by atoms with Crippen molar-refractivity contribution in [1.29, 1.82) is 0 Å². The predicted molar refractivity (Wildman–Crippen MR) is 106 cm³/mol. The first kappa shape index (κ1) is 18.5. The van der Waals surface area contributed by atoms with Crippen molar-refractivity contribution in [2.24, 2.45) is 4.99 Å². The smallest absolute Gasteiger partial charge is 0.190 e. The Kier molecular flexibility index (Phi) is 7.07. The molecule has 2 heterocycles. The summed E-state index contributed by atoms with van der Waals surface area (Å²) in [4.78, 5) is 6.84. The van der Waals surface area contributed by atoms with Crippen molar-refractivity contribution < 1.29 is 0 Å². The molecular formula is C20H30N6. The molecule has 3 rings (SSSR count). The van der Waals surface area contributed by atoms with Gasteiger partial charge >= 0.3 is 0 Å². The van der Waals surface area contributed by atoms with Crippen LogP contribution in [0.3, 0.4) is 0 Å². The van der Waals surface area contributed by atoms with E-state index in [1.165, 1.54) is 17.5 Å². The van der Waals surface area contributed by atoms with E-state index in [1.807, 2.05) is 30.2 Å².